The first kappa shape index (κ1) is 14.5. The van der Waals surface area contributed by atoms with Crippen molar-refractivity contribution in [3.63, 3.8) is 0 Å². The second kappa shape index (κ2) is 5.73. The maximum absolute atomic E-state index is 10.7. The molecule has 1 heterocycles. The number of nitro groups is 1. The Hall–Kier alpha value is -3.46. The number of para-hydroxylation sites is 2. The molecule has 112 valence electrons. The van der Waals surface area contributed by atoms with Gasteiger partial charge in [0, 0.05) is 12.1 Å². The van der Waals surface area contributed by atoms with Crippen molar-refractivity contribution in [3.05, 3.63) is 70.0 Å². The first-order valence-corrected chi connectivity index (χ1v) is 6.91. The van der Waals surface area contributed by atoms with Gasteiger partial charge in [-0.15, -0.1) is 0 Å². The predicted molar refractivity (Wildman–Crippen MR) is 87.3 cm³/mol. The summed E-state index contributed by atoms with van der Waals surface area (Å²) in [4.78, 5) is 17.8. The van der Waals surface area contributed by atoms with Gasteiger partial charge in [-0.3, -0.25) is 10.1 Å². The standard InChI is InChI=1S/C17H12N4O2/c1-11(12-6-8-13(9-7-12)21(22)23)14(10-18)17-19-15-4-2-3-5-16(15)20-17/h2-9H,1H3,(H,19,20)/b14-11-. The van der Waals surface area contributed by atoms with Gasteiger partial charge in [0.05, 0.1) is 21.5 Å². The smallest absolute Gasteiger partial charge is 0.269 e. The third-order valence-electron chi connectivity index (χ3n) is 3.62. The number of hydrogen-bond acceptors (Lipinski definition) is 4. The van der Waals surface area contributed by atoms with Gasteiger partial charge in [-0.1, -0.05) is 12.1 Å². The molecule has 0 spiro atoms. The summed E-state index contributed by atoms with van der Waals surface area (Å²) < 4.78 is 0. The van der Waals surface area contributed by atoms with Crippen molar-refractivity contribution in [2.75, 3.05) is 0 Å². The molecule has 0 saturated heterocycles. The number of nitrogens with zero attached hydrogens (tertiary/aromatic N) is 3. The van der Waals surface area contributed by atoms with E-state index in [1.165, 1.54) is 12.1 Å². The third-order valence-corrected chi connectivity index (χ3v) is 3.62. The lowest BCUT2D eigenvalue weighted by Crippen LogP contribution is -1.92. The molecule has 1 N–H and O–H groups in total. The monoisotopic (exact) mass is 304 g/mol. The van der Waals surface area contributed by atoms with Gasteiger partial charge in [0.2, 0.25) is 0 Å². The summed E-state index contributed by atoms with van der Waals surface area (Å²) in [5, 5.41) is 20.2. The summed E-state index contributed by atoms with van der Waals surface area (Å²) in [6.07, 6.45) is 0. The molecule has 0 aliphatic heterocycles. The molecule has 0 saturated carbocycles. The quantitative estimate of drug-likeness (QED) is 0.450. The van der Waals surface area contributed by atoms with Crippen LogP contribution >= 0.6 is 0 Å². The molecule has 0 unspecified atom stereocenters. The molecule has 0 aliphatic carbocycles. The average Bonchev–Trinajstić information content (AvgIpc) is 2.99. The minimum Gasteiger partial charge on any atom is -0.337 e. The van der Waals surface area contributed by atoms with E-state index >= 15 is 0 Å². The van der Waals surface area contributed by atoms with E-state index in [1.807, 2.05) is 24.3 Å². The van der Waals surface area contributed by atoms with Crippen LogP contribution in [0.4, 0.5) is 5.69 Å². The lowest BCUT2D eigenvalue weighted by Gasteiger charge is -2.04. The van der Waals surface area contributed by atoms with Gasteiger partial charge in [0.1, 0.15) is 11.9 Å². The SMILES string of the molecule is C/C(=C(\C#N)c1nc2ccccc2[nH]1)c1ccc([N+](=O)[O-])cc1. The summed E-state index contributed by atoms with van der Waals surface area (Å²) in [5.74, 6) is 0.490. The fourth-order valence-electron chi connectivity index (χ4n) is 2.36. The second-order valence-electron chi connectivity index (χ2n) is 5.02. The summed E-state index contributed by atoms with van der Waals surface area (Å²) in [5.41, 5.74) is 3.52. The zero-order valence-corrected chi connectivity index (χ0v) is 12.3. The molecule has 3 aromatic rings. The van der Waals surface area contributed by atoms with Gasteiger partial charge in [-0.2, -0.15) is 5.26 Å². The number of nitrogens with one attached hydrogen (secondary N) is 1. The molecular weight excluding hydrogens is 292 g/mol. The van der Waals surface area contributed by atoms with Crippen LogP contribution < -0.4 is 0 Å². The number of rotatable bonds is 3. The minimum absolute atomic E-state index is 0.0174. The first-order chi connectivity index (χ1) is 11.1. The number of benzene rings is 2. The van der Waals surface area contributed by atoms with E-state index in [0.717, 1.165) is 16.6 Å². The number of hydrogen-bond donors (Lipinski definition) is 1. The molecule has 0 radical (unpaired) electrons. The molecular formula is C17H12N4O2. The van der Waals surface area contributed by atoms with Gasteiger partial charge >= 0.3 is 0 Å². The van der Waals surface area contributed by atoms with E-state index < -0.39 is 4.92 Å². The highest BCUT2D eigenvalue weighted by atomic mass is 16.6. The van der Waals surface area contributed by atoms with Crippen molar-refractivity contribution in [1.82, 2.24) is 9.97 Å². The molecule has 0 bridgehead atoms. The van der Waals surface area contributed by atoms with Crippen molar-refractivity contribution in [1.29, 1.82) is 5.26 Å². The van der Waals surface area contributed by atoms with Gasteiger partial charge in [0.25, 0.3) is 5.69 Å². The number of allylic oxidation sites excluding steroid dienone is 2. The first-order valence-electron chi connectivity index (χ1n) is 6.91. The zero-order chi connectivity index (χ0) is 16.4. The predicted octanol–water partition coefficient (Wildman–Crippen LogP) is 3.93. The lowest BCUT2D eigenvalue weighted by molar-refractivity contribution is -0.384. The maximum Gasteiger partial charge on any atom is 0.269 e. The highest BCUT2D eigenvalue weighted by molar-refractivity contribution is 5.96. The van der Waals surface area contributed by atoms with Gasteiger partial charge in [0.15, 0.2) is 0 Å². The van der Waals surface area contributed by atoms with E-state index in [9.17, 15) is 15.4 Å². The lowest BCUT2D eigenvalue weighted by atomic mass is 10.0. The van der Waals surface area contributed by atoms with Crippen molar-refractivity contribution in [2.45, 2.75) is 6.92 Å². The zero-order valence-electron chi connectivity index (χ0n) is 12.3. The van der Waals surface area contributed by atoms with E-state index in [4.69, 9.17) is 0 Å². The third kappa shape index (κ3) is 2.68. The Balaban J connectivity index is 2.08. The van der Waals surface area contributed by atoms with Crippen LogP contribution in [0.15, 0.2) is 48.5 Å². The van der Waals surface area contributed by atoms with Crippen molar-refractivity contribution in [2.24, 2.45) is 0 Å². The average molecular weight is 304 g/mol. The van der Waals surface area contributed by atoms with Gasteiger partial charge < -0.3 is 4.98 Å². The van der Waals surface area contributed by atoms with Crippen LogP contribution in [0, 0.1) is 21.4 Å². The molecule has 23 heavy (non-hydrogen) atoms. The maximum atomic E-state index is 10.7. The Morgan fingerprint density at radius 2 is 1.91 bits per heavy atom. The second-order valence-corrected chi connectivity index (χ2v) is 5.02. The van der Waals surface area contributed by atoms with Crippen LogP contribution in [0.2, 0.25) is 0 Å². The van der Waals surface area contributed by atoms with Crippen LogP contribution in [0.5, 0.6) is 0 Å². The Labute approximate surface area is 131 Å². The molecule has 6 heteroatoms. The Kier molecular flexibility index (Phi) is 3.61. The number of nitriles is 1. The molecule has 3 rings (SSSR count). The van der Waals surface area contributed by atoms with Crippen LogP contribution in [0.25, 0.3) is 22.2 Å². The van der Waals surface area contributed by atoms with Crippen LogP contribution in [0.1, 0.15) is 18.3 Å². The van der Waals surface area contributed by atoms with Crippen LogP contribution in [0.3, 0.4) is 0 Å². The molecule has 0 amide bonds. The molecule has 0 fully saturated rings. The van der Waals surface area contributed by atoms with Crippen molar-refractivity contribution < 1.29 is 4.92 Å². The number of H-pyrrole nitrogens is 1. The Bertz CT molecular complexity index is 929. The summed E-state index contributed by atoms with van der Waals surface area (Å²) in [6, 6.07) is 15.8. The fraction of sp³-hybridized carbons (Fsp3) is 0.0588. The molecule has 2 aromatic carbocycles. The summed E-state index contributed by atoms with van der Waals surface area (Å²) in [7, 11) is 0. The number of fused-ring (bicyclic) bond motifs is 1. The van der Waals surface area contributed by atoms with Gasteiger partial charge in [-0.05, 0) is 42.3 Å². The highest BCUT2D eigenvalue weighted by Crippen LogP contribution is 2.26. The normalized spacial score (nSPS) is 11.8. The molecule has 1 aromatic heterocycles. The minimum atomic E-state index is -0.451. The topological polar surface area (TPSA) is 95.6 Å². The van der Waals surface area contributed by atoms with Gasteiger partial charge in [-0.25, -0.2) is 4.98 Å². The number of non-ortho nitro benzene ring substituents is 1. The van der Waals surface area contributed by atoms with Crippen LogP contribution in [-0.2, 0) is 0 Å². The Morgan fingerprint density at radius 3 is 2.52 bits per heavy atom. The highest BCUT2D eigenvalue weighted by Gasteiger charge is 2.13. The number of imidazole rings is 1. The Morgan fingerprint density at radius 1 is 1.22 bits per heavy atom. The molecule has 6 nitrogen and oxygen atoms in total. The van der Waals surface area contributed by atoms with Crippen molar-refractivity contribution >= 4 is 27.9 Å². The number of aromatic amines is 1. The van der Waals surface area contributed by atoms with E-state index in [0.29, 0.717) is 17.0 Å². The van der Waals surface area contributed by atoms with E-state index in [-0.39, 0.29) is 5.69 Å². The largest absolute Gasteiger partial charge is 0.337 e. The van der Waals surface area contributed by atoms with E-state index in [2.05, 4.69) is 16.0 Å². The summed E-state index contributed by atoms with van der Waals surface area (Å²) in [6.45, 7) is 1.80. The number of aromatic nitrogens is 2. The fourth-order valence-corrected chi connectivity index (χ4v) is 2.36. The van der Waals surface area contributed by atoms with E-state index in [1.54, 1.807) is 19.1 Å². The molecule has 0 aliphatic rings. The van der Waals surface area contributed by atoms with Crippen molar-refractivity contribution in [3.8, 4) is 6.07 Å². The molecule has 0 atom stereocenters. The van der Waals surface area contributed by atoms with Crippen LogP contribution in [-0.4, -0.2) is 14.9 Å². The number of nitro benzene ring substituents is 1. The summed E-state index contributed by atoms with van der Waals surface area (Å²) >= 11 is 0.